The predicted molar refractivity (Wildman–Crippen MR) is 105 cm³/mol. The van der Waals surface area contributed by atoms with Crippen LogP contribution in [0, 0.1) is 24.7 Å². The third kappa shape index (κ3) is 5.78. The summed E-state index contributed by atoms with van der Waals surface area (Å²) in [5.74, 6) is 1.54. The average molecular weight is 414 g/mol. The molecule has 1 heteroatoms. The van der Waals surface area contributed by atoms with Gasteiger partial charge in [0.05, 0.1) is 0 Å². The zero-order chi connectivity index (χ0) is 16.8. The Kier molecular flexibility index (Phi) is 8.91. The van der Waals surface area contributed by atoms with E-state index in [0.717, 1.165) is 11.8 Å². The van der Waals surface area contributed by atoms with E-state index < -0.39 is 0 Å². The van der Waals surface area contributed by atoms with Crippen LogP contribution in [0.5, 0.6) is 0 Å². The molecule has 2 fully saturated rings. The van der Waals surface area contributed by atoms with Crippen LogP contribution < -0.4 is 0 Å². The topological polar surface area (TPSA) is 0 Å². The number of allylic oxidation sites excluding steroid dienone is 8. The monoisotopic (exact) mass is 412 g/mol. The van der Waals surface area contributed by atoms with E-state index in [1.165, 1.54) is 75.4 Å². The first kappa shape index (κ1) is 20.9. The van der Waals surface area contributed by atoms with Crippen molar-refractivity contribution in [2.75, 3.05) is 0 Å². The third-order valence-corrected chi connectivity index (χ3v) is 6.03. The van der Waals surface area contributed by atoms with Gasteiger partial charge in [0.1, 0.15) is 0 Å². The Bertz CT molecular complexity index is 496. The van der Waals surface area contributed by atoms with Crippen molar-refractivity contribution >= 4 is 0 Å². The maximum Gasteiger partial charge on any atom is 2.00 e. The van der Waals surface area contributed by atoms with Crippen molar-refractivity contribution in [1.29, 1.82) is 0 Å². The van der Waals surface area contributed by atoms with Gasteiger partial charge in [-0.3, -0.25) is 0 Å². The van der Waals surface area contributed by atoms with Crippen molar-refractivity contribution in [2.24, 2.45) is 11.8 Å². The molecule has 2 unspecified atom stereocenters. The molecule has 0 aromatic carbocycles. The smallest absolute Gasteiger partial charge is 0.226 e. The molecule has 0 bridgehead atoms. The Balaban J connectivity index is 0.000000173. The van der Waals surface area contributed by atoms with Crippen LogP contribution in [0.2, 0.25) is 0 Å². The predicted octanol–water partition coefficient (Wildman–Crippen LogP) is 7.31. The summed E-state index contributed by atoms with van der Waals surface area (Å²) in [6.45, 7) is 4.48. The summed E-state index contributed by atoms with van der Waals surface area (Å²) < 4.78 is 0. The van der Waals surface area contributed by atoms with Crippen molar-refractivity contribution in [2.45, 2.75) is 78.1 Å². The number of hydrogen-bond donors (Lipinski definition) is 0. The van der Waals surface area contributed by atoms with Gasteiger partial charge in [-0.15, -0.1) is 38.8 Å². The second kappa shape index (κ2) is 10.7. The first-order valence-corrected chi connectivity index (χ1v) is 10.2. The molecule has 2 saturated carbocycles. The van der Waals surface area contributed by atoms with Crippen LogP contribution in [-0.4, -0.2) is 0 Å². The van der Waals surface area contributed by atoms with Gasteiger partial charge in [-0.1, -0.05) is 50.7 Å². The molecule has 0 aromatic rings. The van der Waals surface area contributed by atoms with Gasteiger partial charge in [0.2, 0.25) is 0 Å². The van der Waals surface area contributed by atoms with E-state index in [4.69, 9.17) is 0 Å². The fourth-order valence-electron chi connectivity index (χ4n) is 4.52. The number of fused-ring (bicyclic) bond motifs is 2. The second-order valence-corrected chi connectivity index (χ2v) is 7.89. The minimum atomic E-state index is 0. The zero-order valence-electron chi connectivity index (χ0n) is 16.2. The molecule has 4 aliphatic rings. The van der Waals surface area contributed by atoms with Crippen molar-refractivity contribution < 1.29 is 26.2 Å². The summed E-state index contributed by atoms with van der Waals surface area (Å²) in [5.41, 5.74) is 6.24. The average Bonchev–Trinajstić information content (AvgIpc) is 3.02. The molecule has 134 valence electrons. The Labute approximate surface area is 175 Å². The molecule has 4 rings (SSSR count). The summed E-state index contributed by atoms with van der Waals surface area (Å²) >= 11 is 0. The van der Waals surface area contributed by atoms with E-state index in [2.05, 4.69) is 51.0 Å². The van der Waals surface area contributed by atoms with Gasteiger partial charge in [0.25, 0.3) is 0 Å². The normalized spacial score (nSPS) is 28.1. The largest absolute Gasteiger partial charge is 2.00 e. The quantitative estimate of drug-likeness (QED) is 0.365. The standard InChI is InChI=1S/2C12H17.Zr/c2*1-10-8-9-11-6-4-2-3-5-7-12(10)11;/h2*7-9,11H,2-6H2,1H3;/q2*-1;+2. The van der Waals surface area contributed by atoms with Crippen molar-refractivity contribution in [1.82, 2.24) is 0 Å². The van der Waals surface area contributed by atoms with Gasteiger partial charge < -0.3 is 0 Å². The molecule has 2 atom stereocenters. The summed E-state index contributed by atoms with van der Waals surface area (Å²) in [6, 6.07) is 0. The van der Waals surface area contributed by atoms with Crippen LogP contribution in [0.25, 0.3) is 0 Å². The van der Waals surface area contributed by atoms with Crippen LogP contribution in [0.1, 0.15) is 78.1 Å². The molecular weight excluding hydrogens is 379 g/mol. The van der Waals surface area contributed by atoms with Crippen molar-refractivity contribution in [3.63, 3.8) is 0 Å². The van der Waals surface area contributed by atoms with E-state index in [9.17, 15) is 0 Å². The molecule has 0 spiro atoms. The number of hydrogen-bond acceptors (Lipinski definition) is 0. The minimum Gasteiger partial charge on any atom is -0.226 e. The van der Waals surface area contributed by atoms with Gasteiger partial charge >= 0.3 is 26.2 Å². The molecule has 0 aliphatic heterocycles. The summed E-state index contributed by atoms with van der Waals surface area (Å²) in [6.07, 6.45) is 28.1. The third-order valence-electron chi connectivity index (χ3n) is 6.03. The fourth-order valence-corrected chi connectivity index (χ4v) is 4.52. The Morgan fingerprint density at radius 2 is 1.12 bits per heavy atom. The Hall–Kier alpha value is -0.417. The summed E-state index contributed by atoms with van der Waals surface area (Å²) in [5, 5.41) is 0. The number of rotatable bonds is 0. The molecule has 0 radical (unpaired) electrons. The van der Waals surface area contributed by atoms with Gasteiger partial charge in [-0.05, 0) is 24.7 Å². The van der Waals surface area contributed by atoms with E-state index >= 15 is 0 Å². The molecule has 4 aliphatic carbocycles. The maximum absolute atomic E-state index is 2.46. The fraction of sp³-hybridized carbons (Fsp3) is 0.583. The van der Waals surface area contributed by atoms with Crippen LogP contribution in [0.15, 0.2) is 46.6 Å². The molecule has 0 saturated heterocycles. The van der Waals surface area contributed by atoms with Crippen LogP contribution >= 0.6 is 0 Å². The molecule has 0 N–H and O–H groups in total. The van der Waals surface area contributed by atoms with Gasteiger partial charge in [0, 0.05) is 0 Å². The Morgan fingerprint density at radius 3 is 1.56 bits per heavy atom. The summed E-state index contributed by atoms with van der Waals surface area (Å²) in [4.78, 5) is 0. The zero-order valence-corrected chi connectivity index (χ0v) is 18.6. The van der Waals surface area contributed by atoms with E-state index in [1.807, 2.05) is 0 Å². The SMILES string of the molecule is CC1=C2[CH-]CCCCCC2C=C1.CC1=C2[CH-]CCCCCC2C=C1.[Zr+2]. The van der Waals surface area contributed by atoms with E-state index in [0.29, 0.717) is 0 Å². The van der Waals surface area contributed by atoms with Crippen LogP contribution in [-0.2, 0) is 26.2 Å². The van der Waals surface area contributed by atoms with Crippen molar-refractivity contribution in [3.05, 3.63) is 59.4 Å². The second-order valence-electron chi connectivity index (χ2n) is 7.89. The molecule has 25 heavy (non-hydrogen) atoms. The van der Waals surface area contributed by atoms with Crippen LogP contribution in [0.4, 0.5) is 0 Å². The molecule has 0 amide bonds. The maximum atomic E-state index is 2.46. The van der Waals surface area contributed by atoms with Crippen LogP contribution in [0.3, 0.4) is 0 Å². The first-order chi connectivity index (χ1) is 11.8. The van der Waals surface area contributed by atoms with Gasteiger partial charge in [-0.2, -0.15) is 11.1 Å². The molecular formula is C24H34Zr. The molecule has 0 nitrogen and oxygen atoms in total. The Morgan fingerprint density at radius 1 is 0.680 bits per heavy atom. The van der Waals surface area contributed by atoms with E-state index in [-0.39, 0.29) is 26.2 Å². The first-order valence-electron chi connectivity index (χ1n) is 10.2. The molecule has 0 aromatic heterocycles. The van der Waals surface area contributed by atoms with E-state index in [1.54, 1.807) is 11.1 Å². The molecule has 0 heterocycles. The van der Waals surface area contributed by atoms with Crippen molar-refractivity contribution in [3.8, 4) is 0 Å². The summed E-state index contributed by atoms with van der Waals surface area (Å²) in [7, 11) is 0. The van der Waals surface area contributed by atoms with Gasteiger partial charge in [-0.25, -0.2) is 24.0 Å². The minimum absolute atomic E-state index is 0. The van der Waals surface area contributed by atoms with Gasteiger partial charge in [0.15, 0.2) is 0 Å².